The summed E-state index contributed by atoms with van der Waals surface area (Å²) in [6, 6.07) is 15.1. The molecule has 3 aromatic rings. The second kappa shape index (κ2) is 12.8. The summed E-state index contributed by atoms with van der Waals surface area (Å²) in [4.78, 5) is 15.1. The number of para-hydroxylation sites is 1. The zero-order chi connectivity index (χ0) is 21.3. The highest BCUT2D eigenvalue weighted by molar-refractivity contribution is 14.0. The van der Waals surface area contributed by atoms with Gasteiger partial charge >= 0.3 is 0 Å². The minimum atomic E-state index is 0. The van der Waals surface area contributed by atoms with Crippen molar-refractivity contribution in [1.29, 1.82) is 0 Å². The molecule has 4 rings (SSSR count). The van der Waals surface area contributed by atoms with Gasteiger partial charge in [-0.2, -0.15) is 0 Å². The van der Waals surface area contributed by atoms with Gasteiger partial charge in [-0.05, 0) is 56.4 Å². The summed E-state index contributed by atoms with van der Waals surface area (Å²) in [6.45, 7) is 6.96. The Labute approximate surface area is 208 Å². The molecule has 7 heteroatoms. The maximum atomic E-state index is 4.83. The van der Waals surface area contributed by atoms with Gasteiger partial charge in [-0.15, -0.1) is 24.0 Å². The Morgan fingerprint density at radius 3 is 2.75 bits per heavy atom. The van der Waals surface area contributed by atoms with E-state index < -0.39 is 0 Å². The number of hydrogen-bond donors (Lipinski definition) is 3. The van der Waals surface area contributed by atoms with Crippen LogP contribution in [0.4, 0.5) is 0 Å². The predicted molar refractivity (Wildman–Crippen MR) is 144 cm³/mol. The highest BCUT2D eigenvalue weighted by Crippen LogP contribution is 2.19. The molecule has 1 aliphatic heterocycles. The fraction of sp³-hybridized carbons (Fsp3) is 0.440. The van der Waals surface area contributed by atoms with E-state index in [9.17, 15) is 0 Å². The highest BCUT2D eigenvalue weighted by atomic mass is 127. The lowest BCUT2D eigenvalue weighted by Gasteiger charge is -2.32. The molecule has 0 spiro atoms. The summed E-state index contributed by atoms with van der Waals surface area (Å²) in [5.74, 6) is 0.949. The van der Waals surface area contributed by atoms with Crippen molar-refractivity contribution in [3.8, 4) is 0 Å². The van der Waals surface area contributed by atoms with Gasteiger partial charge < -0.3 is 15.6 Å². The van der Waals surface area contributed by atoms with E-state index in [0.717, 1.165) is 70.1 Å². The number of H-pyrrole nitrogens is 1. The van der Waals surface area contributed by atoms with Crippen LogP contribution in [0.5, 0.6) is 0 Å². The largest absolute Gasteiger partial charge is 0.361 e. The van der Waals surface area contributed by atoms with Crippen molar-refractivity contribution < 1.29 is 0 Å². The van der Waals surface area contributed by atoms with Gasteiger partial charge in [0.15, 0.2) is 5.96 Å². The average molecular weight is 547 g/mol. The molecule has 0 amide bonds. The lowest BCUT2D eigenvalue weighted by atomic mass is 10.0. The van der Waals surface area contributed by atoms with Crippen molar-refractivity contribution in [2.75, 3.05) is 26.2 Å². The van der Waals surface area contributed by atoms with Crippen molar-refractivity contribution in [2.24, 2.45) is 4.99 Å². The fourth-order valence-corrected chi connectivity index (χ4v) is 4.27. The molecule has 6 nitrogen and oxygen atoms in total. The topological polar surface area (TPSA) is 68.3 Å². The molecule has 0 bridgehead atoms. The summed E-state index contributed by atoms with van der Waals surface area (Å²) in [5, 5.41) is 8.40. The Morgan fingerprint density at radius 2 is 1.97 bits per heavy atom. The third-order valence-corrected chi connectivity index (χ3v) is 5.93. The van der Waals surface area contributed by atoms with Crippen LogP contribution in [-0.4, -0.2) is 53.0 Å². The van der Waals surface area contributed by atoms with Gasteiger partial charge in [0.2, 0.25) is 0 Å². The molecule has 0 aliphatic carbocycles. The van der Waals surface area contributed by atoms with E-state index in [4.69, 9.17) is 4.99 Å². The summed E-state index contributed by atoms with van der Waals surface area (Å²) < 4.78 is 0. The maximum absolute atomic E-state index is 4.83. The van der Waals surface area contributed by atoms with Gasteiger partial charge in [0.05, 0.1) is 5.69 Å². The molecular formula is C25H35IN6. The number of aliphatic imine (C=N–C) groups is 1. The normalized spacial score (nSPS) is 15.5. The molecule has 1 aromatic carbocycles. The molecule has 0 saturated carbocycles. The zero-order valence-corrected chi connectivity index (χ0v) is 21.2. The number of aromatic nitrogens is 2. The number of nitrogens with one attached hydrogen (secondary N) is 3. The van der Waals surface area contributed by atoms with Gasteiger partial charge in [0.1, 0.15) is 0 Å². The minimum absolute atomic E-state index is 0. The van der Waals surface area contributed by atoms with Gasteiger partial charge in [-0.1, -0.05) is 24.3 Å². The smallest absolute Gasteiger partial charge is 0.191 e. The lowest BCUT2D eigenvalue weighted by Crippen LogP contribution is -2.48. The summed E-state index contributed by atoms with van der Waals surface area (Å²) in [5.41, 5.74) is 3.74. The zero-order valence-electron chi connectivity index (χ0n) is 18.9. The van der Waals surface area contributed by atoms with Crippen LogP contribution in [-0.2, 0) is 13.0 Å². The number of nitrogens with zero attached hydrogens (tertiary/aromatic N) is 3. The van der Waals surface area contributed by atoms with Gasteiger partial charge in [-0.3, -0.25) is 14.9 Å². The van der Waals surface area contributed by atoms with Gasteiger partial charge in [0.25, 0.3) is 0 Å². The van der Waals surface area contributed by atoms with E-state index in [-0.39, 0.29) is 24.0 Å². The maximum Gasteiger partial charge on any atom is 0.191 e. The molecule has 0 radical (unpaired) electrons. The van der Waals surface area contributed by atoms with Crippen molar-refractivity contribution in [2.45, 2.75) is 45.2 Å². The molecule has 0 unspecified atom stereocenters. The summed E-state index contributed by atoms with van der Waals surface area (Å²) in [6.07, 6.45) is 8.36. The van der Waals surface area contributed by atoms with E-state index in [1.165, 1.54) is 16.5 Å². The fourth-order valence-electron chi connectivity index (χ4n) is 4.27. The van der Waals surface area contributed by atoms with Crippen LogP contribution in [0.3, 0.4) is 0 Å². The Morgan fingerprint density at radius 1 is 1.16 bits per heavy atom. The van der Waals surface area contributed by atoms with Crippen molar-refractivity contribution >= 4 is 40.8 Å². The first-order valence-electron chi connectivity index (χ1n) is 11.5. The molecule has 32 heavy (non-hydrogen) atoms. The Kier molecular flexibility index (Phi) is 9.80. The van der Waals surface area contributed by atoms with E-state index in [1.54, 1.807) is 0 Å². The first kappa shape index (κ1) is 24.5. The number of aryl methyl sites for hydroxylation is 1. The molecule has 1 aliphatic rings. The second-order valence-corrected chi connectivity index (χ2v) is 8.24. The molecule has 3 N–H and O–H groups in total. The van der Waals surface area contributed by atoms with Crippen molar-refractivity contribution in [3.05, 3.63) is 66.1 Å². The number of aromatic amines is 1. The number of guanidine groups is 1. The quantitative estimate of drug-likeness (QED) is 0.170. The van der Waals surface area contributed by atoms with Gasteiger partial charge in [0, 0.05) is 62.1 Å². The first-order valence-corrected chi connectivity index (χ1v) is 11.5. The van der Waals surface area contributed by atoms with Crippen LogP contribution >= 0.6 is 24.0 Å². The number of halogens is 1. The van der Waals surface area contributed by atoms with E-state index in [1.807, 2.05) is 12.3 Å². The average Bonchev–Trinajstić information content (AvgIpc) is 3.22. The lowest BCUT2D eigenvalue weighted by molar-refractivity contribution is 0.196. The van der Waals surface area contributed by atoms with Gasteiger partial charge in [-0.25, -0.2) is 0 Å². The standard InChI is InChI=1S/C25H34N6.HI/c1-2-26-25(28-15-7-8-20-18-29-24-11-4-3-10-23(20)24)30-21-12-16-31(17-13-21)19-22-9-5-6-14-27-22;/h3-6,9-11,14,18,21,29H,2,7-8,12-13,15-17,19H2,1H3,(H2,26,28,30);1H. The third kappa shape index (κ3) is 6.93. The van der Waals surface area contributed by atoms with Crippen LogP contribution < -0.4 is 10.6 Å². The molecular weight excluding hydrogens is 511 g/mol. The van der Waals surface area contributed by atoms with Crippen molar-refractivity contribution in [3.63, 3.8) is 0 Å². The molecule has 1 saturated heterocycles. The predicted octanol–water partition coefficient (Wildman–Crippen LogP) is 4.33. The second-order valence-electron chi connectivity index (χ2n) is 8.24. The van der Waals surface area contributed by atoms with E-state index >= 15 is 0 Å². The Bertz CT molecular complexity index is 963. The van der Waals surface area contributed by atoms with Crippen LogP contribution in [0.25, 0.3) is 10.9 Å². The molecule has 1 fully saturated rings. The molecule has 2 aromatic heterocycles. The van der Waals surface area contributed by atoms with E-state index in [2.05, 4.69) is 75.0 Å². The molecule has 0 atom stereocenters. The summed E-state index contributed by atoms with van der Waals surface area (Å²) >= 11 is 0. The summed E-state index contributed by atoms with van der Waals surface area (Å²) in [7, 11) is 0. The third-order valence-electron chi connectivity index (χ3n) is 5.93. The van der Waals surface area contributed by atoms with Crippen molar-refractivity contribution in [1.82, 2.24) is 25.5 Å². The Hall–Kier alpha value is -2.13. The molecule has 172 valence electrons. The number of likely N-dealkylation sites (tertiary alicyclic amines) is 1. The first-order chi connectivity index (χ1) is 15.3. The number of benzene rings is 1. The van der Waals surface area contributed by atoms with Crippen LogP contribution in [0.15, 0.2) is 59.9 Å². The highest BCUT2D eigenvalue weighted by Gasteiger charge is 2.20. The number of pyridine rings is 1. The van der Waals surface area contributed by atoms with Crippen LogP contribution in [0.1, 0.15) is 37.4 Å². The SMILES string of the molecule is CCNC(=NCCCc1c[nH]c2ccccc12)NC1CCN(Cc2ccccn2)CC1.I. The number of fused-ring (bicyclic) bond motifs is 1. The monoisotopic (exact) mass is 546 g/mol. The van der Waals surface area contributed by atoms with E-state index in [0.29, 0.717) is 6.04 Å². The Balaban J connectivity index is 0.00000289. The molecule has 3 heterocycles. The number of piperidine rings is 1. The van der Waals surface area contributed by atoms with Crippen LogP contribution in [0.2, 0.25) is 0 Å². The number of rotatable bonds is 8. The number of hydrogen-bond acceptors (Lipinski definition) is 3. The van der Waals surface area contributed by atoms with Crippen LogP contribution in [0, 0.1) is 0 Å². The minimum Gasteiger partial charge on any atom is -0.361 e.